The first-order valence-corrected chi connectivity index (χ1v) is 11.1. The molecule has 28 heavy (non-hydrogen) atoms. The highest BCUT2D eigenvalue weighted by atomic mass is 32.2. The average Bonchev–Trinajstić information content (AvgIpc) is 2.74. The number of benzene rings is 1. The van der Waals surface area contributed by atoms with E-state index >= 15 is 0 Å². The Morgan fingerprint density at radius 2 is 1.68 bits per heavy atom. The van der Waals surface area contributed by atoms with Crippen LogP contribution >= 0.6 is 0 Å². The van der Waals surface area contributed by atoms with Crippen molar-refractivity contribution in [2.24, 2.45) is 5.92 Å². The van der Waals surface area contributed by atoms with Crippen LogP contribution in [0.25, 0.3) is 0 Å². The van der Waals surface area contributed by atoms with Crippen molar-refractivity contribution < 1.29 is 22.7 Å². The lowest BCUT2D eigenvalue weighted by Crippen LogP contribution is -2.54. The average molecular weight is 410 g/mol. The lowest BCUT2D eigenvalue weighted by Gasteiger charge is -2.38. The Morgan fingerprint density at radius 3 is 2.32 bits per heavy atom. The Labute approximate surface area is 166 Å². The van der Waals surface area contributed by atoms with Gasteiger partial charge < -0.3 is 14.5 Å². The third kappa shape index (κ3) is 4.47. The van der Waals surface area contributed by atoms with Crippen LogP contribution in [0.15, 0.2) is 35.2 Å². The summed E-state index contributed by atoms with van der Waals surface area (Å²) in [4.78, 5) is 28.3. The Balaban J connectivity index is 1.60. The molecular weight excluding hydrogens is 382 g/mol. The molecule has 1 aromatic carbocycles. The molecule has 0 saturated carbocycles. The lowest BCUT2D eigenvalue weighted by molar-refractivity contribution is -0.138. The van der Waals surface area contributed by atoms with E-state index in [1.807, 2.05) is 0 Å². The normalized spacial score (nSPS) is 21.4. The molecule has 2 fully saturated rings. The fraction of sp³-hybridized carbons (Fsp3) is 0.579. The number of carbonyl (C=O) groups is 2. The van der Waals surface area contributed by atoms with Crippen LogP contribution in [0.5, 0.6) is 0 Å². The van der Waals surface area contributed by atoms with E-state index in [0.717, 1.165) is 0 Å². The van der Waals surface area contributed by atoms with Crippen molar-refractivity contribution >= 4 is 22.0 Å². The summed E-state index contributed by atoms with van der Waals surface area (Å²) in [5.74, 6) is -0.377. The van der Waals surface area contributed by atoms with Crippen LogP contribution in [-0.4, -0.2) is 80.4 Å². The molecule has 0 unspecified atom stereocenters. The number of piperidine rings is 1. The number of hydrogen-bond donors (Lipinski definition) is 0. The monoisotopic (exact) mass is 409 g/mol. The molecule has 0 radical (unpaired) electrons. The molecule has 0 aliphatic carbocycles. The second-order valence-electron chi connectivity index (χ2n) is 7.03. The smallest absolute Gasteiger partial charge is 0.409 e. The van der Waals surface area contributed by atoms with Crippen molar-refractivity contribution in [1.29, 1.82) is 0 Å². The van der Waals surface area contributed by atoms with Crippen molar-refractivity contribution in [2.75, 3.05) is 45.9 Å². The second-order valence-corrected chi connectivity index (χ2v) is 8.96. The molecule has 2 aliphatic heterocycles. The van der Waals surface area contributed by atoms with E-state index in [0.29, 0.717) is 52.2 Å². The highest BCUT2D eigenvalue weighted by Gasteiger charge is 2.36. The zero-order valence-corrected chi connectivity index (χ0v) is 16.9. The summed E-state index contributed by atoms with van der Waals surface area (Å²) in [5, 5.41) is 0. The lowest BCUT2D eigenvalue weighted by atomic mass is 9.98. The fourth-order valence-electron chi connectivity index (χ4n) is 3.69. The number of hydrogen-bond acceptors (Lipinski definition) is 5. The van der Waals surface area contributed by atoms with Crippen molar-refractivity contribution in [3.63, 3.8) is 0 Å². The van der Waals surface area contributed by atoms with E-state index < -0.39 is 10.0 Å². The van der Waals surface area contributed by atoms with Crippen molar-refractivity contribution in [1.82, 2.24) is 14.1 Å². The number of ether oxygens (including phenoxy) is 1. The van der Waals surface area contributed by atoms with Crippen LogP contribution in [0.3, 0.4) is 0 Å². The molecule has 1 aromatic rings. The van der Waals surface area contributed by atoms with Crippen molar-refractivity contribution in [2.45, 2.75) is 24.7 Å². The maximum atomic E-state index is 12.9. The van der Waals surface area contributed by atoms with Crippen molar-refractivity contribution in [3.8, 4) is 0 Å². The summed E-state index contributed by atoms with van der Waals surface area (Å²) >= 11 is 0. The van der Waals surface area contributed by atoms with Gasteiger partial charge in [-0.3, -0.25) is 4.79 Å². The molecular formula is C19H27N3O5S. The minimum absolute atomic E-state index is 0.0310. The molecule has 0 aromatic heterocycles. The molecule has 154 valence electrons. The van der Waals surface area contributed by atoms with Crippen LogP contribution in [-0.2, 0) is 19.6 Å². The fourth-order valence-corrected chi connectivity index (χ4v) is 5.23. The van der Waals surface area contributed by atoms with Gasteiger partial charge in [-0.25, -0.2) is 13.2 Å². The third-order valence-corrected chi connectivity index (χ3v) is 7.11. The van der Waals surface area contributed by atoms with Gasteiger partial charge in [0.2, 0.25) is 15.9 Å². The summed E-state index contributed by atoms with van der Waals surface area (Å²) < 4.78 is 32.1. The minimum Gasteiger partial charge on any atom is -0.450 e. The van der Waals surface area contributed by atoms with Gasteiger partial charge in [0, 0.05) is 39.3 Å². The zero-order chi connectivity index (χ0) is 20.1. The first-order valence-electron chi connectivity index (χ1n) is 9.69. The zero-order valence-electron chi connectivity index (χ0n) is 16.1. The molecule has 2 aliphatic rings. The summed E-state index contributed by atoms with van der Waals surface area (Å²) in [6.07, 6.45) is 0.982. The van der Waals surface area contributed by atoms with Crippen LogP contribution < -0.4 is 0 Å². The van der Waals surface area contributed by atoms with Crippen LogP contribution in [0, 0.1) is 5.92 Å². The predicted molar refractivity (Wildman–Crippen MR) is 103 cm³/mol. The van der Waals surface area contributed by atoms with Crippen LogP contribution in [0.4, 0.5) is 4.79 Å². The molecule has 8 nitrogen and oxygen atoms in total. The van der Waals surface area contributed by atoms with Gasteiger partial charge in [0.15, 0.2) is 0 Å². The predicted octanol–water partition coefficient (Wildman–Crippen LogP) is 1.39. The maximum Gasteiger partial charge on any atom is 0.409 e. The first-order chi connectivity index (χ1) is 13.4. The van der Waals surface area contributed by atoms with Gasteiger partial charge in [0.25, 0.3) is 0 Å². The Bertz CT molecular complexity index is 791. The SMILES string of the molecule is CCOC(=O)N1CCN(C(=O)[C@H]2CCCN(S(=O)(=O)c3ccccc3)C2)CC1. The Kier molecular flexibility index (Phi) is 6.56. The highest BCUT2D eigenvalue weighted by Crippen LogP contribution is 2.25. The van der Waals surface area contributed by atoms with Gasteiger partial charge >= 0.3 is 6.09 Å². The molecule has 2 heterocycles. The summed E-state index contributed by atoms with van der Waals surface area (Å²) in [6.45, 7) is 4.47. The standard InChI is InChI=1S/C19H27N3O5S/c1-2-27-19(24)21-13-11-20(12-14-21)18(23)16-7-6-10-22(15-16)28(25,26)17-8-4-3-5-9-17/h3-5,8-9,16H,2,6-7,10-15H2,1H3/t16-/m0/s1. The molecule has 2 saturated heterocycles. The number of carbonyl (C=O) groups excluding carboxylic acids is 2. The largest absolute Gasteiger partial charge is 0.450 e. The maximum absolute atomic E-state index is 12.9. The second kappa shape index (κ2) is 8.91. The van der Waals surface area contributed by atoms with Crippen LogP contribution in [0.2, 0.25) is 0 Å². The quantitative estimate of drug-likeness (QED) is 0.750. The van der Waals surface area contributed by atoms with Gasteiger partial charge in [0.05, 0.1) is 17.4 Å². The van der Waals surface area contributed by atoms with Gasteiger partial charge in [0.1, 0.15) is 0 Å². The van der Waals surface area contributed by atoms with Gasteiger partial charge in [-0.15, -0.1) is 0 Å². The van der Waals surface area contributed by atoms with E-state index in [4.69, 9.17) is 4.74 Å². The molecule has 0 spiro atoms. The molecule has 0 bridgehead atoms. The number of rotatable bonds is 4. The van der Waals surface area contributed by atoms with E-state index in [-0.39, 0.29) is 29.4 Å². The van der Waals surface area contributed by atoms with Gasteiger partial charge in [-0.2, -0.15) is 4.31 Å². The number of piperazine rings is 1. The van der Waals surface area contributed by atoms with E-state index in [2.05, 4.69) is 0 Å². The molecule has 0 N–H and O–H groups in total. The number of sulfonamides is 1. The minimum atomic E-state index is -3.59. The highest BCUT2D eigenvalue weighted by molar-refractivity contribution is 7.89. The van der Waals surface area contributed by atoms with Gasteiger partial charge in [-0.1, -0.05) is 18.2 Å². The first kappa shape index (κ1) is 20.6. The summed E-state index contributed by atoms with van der Waals surface area (Å²) in [5.41, 5.74) is 0. The van der Waals surface area contributed by atoms with Crippen molar-refractivity contribution in [3.05, 3.63) is 30.3 Å². The summed E-state index contributed by atoms with van der Waals surface area (Å²) in [7, 11) is -3.59. The Hall–Kier alpha value is -2.13. The van der Waals surface area contributed by atoms with Crippen LogP contribution in [0.1, 0.15) is 19.8 Å². The Morgan fingerprint density at radius 1 is 1.04 bits per heavy atom. The molecule has 2 amide bonds. The molecule has 9 heteroatoms. The number of nitrogens with zero attached hydrogens (tertiary/aromatic N) is 3. The van der Waals surface area contributed by atoms with E-state index in [9.17, 15) is 18.0 Å². The number of amides is 2. The summed E-state index contributed by atoms with van der Waals surface area (Å²) in [6, 6.07) is 8.33. The van der Waals surface area contributed by atoms with E-state index in [1.165, 1.54) is 4.31 Å². The topological polar surface area (TPSA) is 87.2 Å². The molecule has 1 atom stereocenters. The van der Waals surface area contributed by atoms with Gasteiger partial charge in [-0.05, 0) is 31.9 Å². The van der Waals surface area contributed by atoms with E-state index in [1.54, 1.807) is 47.1 Å². The molecule has 3 rings (SSSR count). The third-order valence-electron chi connectivity index (χ3n) is 5.23.